The maximum atomic E-state index is 5.41. The molecule has 0 bridgehead atoms. The summed E-state index contributed by atoms with van der Waals surface area (Å²) in [5, 5.41) is 10.9. The van der Waals surface area contributed by atoms with Gasteiger partial charge in [0.05, 0.1) is 12.7 Å². The molecular weight excluding hydrogens is 318 g/mol. The van der Waals surface area contributed by atoms with E-state index < -0.39 is 0 Å². The van der Waals surface area contributed by atoms with E-state index in [1.165, 1.54) is 11.3 Å². The third-order valence-electron chi connectivity index (χ3n) is 4.22. The first-order valence-electron chi connectivity index (χ1n) is 8.55. The van der Waals surface area contributed by atoms with E-state index in [2.05, 4.69) is 34.6 Å². The molecule has 7 nitrogen and oxygen atoms in total. The summed E-state index contributed by atoms with van der Waals surface area (Å²) in [5.74, 6) is 2.39. The fourth-order valence-corrected chi connectivity index (χ4v) is 2.66. The monoisotopic (exact) mass is 343 g/mol. The van der Waals surface area contributed by atoms with Gasteiger partial charge in [-0.25, -0.2) is 4.99 Å². The van der Waals surface area contributed by atoms with Gasteiger partial charge in [0.25, 0.3) is 0 Å². The van der Waals surface area contributed by atoms with Gasteiger partial charge in [-0.3, -0.25) is 4.68 Å². The molecule has 0 saturated heterocycles. The van der Waals surface area contributed by atoms with E-state index in [1.54, 1.807) is 0 Å². The maximum Gasteiger partial charge on any atom is 0.231 e. The largest absolute Gasteiger partial charge is 0.454 e. The molecule has 1 aromatic carbocycles. The molecule has 0 fully saturated rings. The molecule has 0 spiro atoms. The Bertz CT molecular complexity index is 754. The molecule has 1 aliphatic rings. The number of nitrogens with one attached hydrogen (secondary N) is 2. The molecule has 0 aliphatic carbocycles. The zero-order chi connectivity index (χ0) is 17.6. The van der Waals surface area contributed by atoms with Crippen molar-refractivity contribution in [3.05, 3.63) is 41.2 Å². The van der Waals surface area contributed by atoms with Crippen molar-refractivity contribution >= 4 is 5.96 Å². The molecule has 0 saturated carbocycles. The first-order valence-corrected chi connectivity index (χ1v) is 8.55. The average molecular weight is 343 g/mol. The third kappa shape index (κ3) is 4.23. The minimum absolute atomic E-state index is 0.292. The van der Waals surface area contributed by atoms with Gasteiger partial charge < -0.3 is 20.1 Å². The van der Waals surface area contributed by atoms with Crippen LogP contribution in [0.2, 0.25) is 0 Å². The van der Waals surface area contributed by atoms with Crippen LogP contribution in [-0.2, 0) is 20.0 Å². The lowest BCUT2D eigenvalue weighted by molar-refractivity contribution is 0.174. The van der Waals surface area contributed by atoms with E-state index in [0.29, 0.717) is 13.3 Å². The number of rotatable bonds is 6. The van der Waals surface area contributed by atoms with E-state index in [9.17, 15) is 0 Å². The normalized spacial score (nSPS) is 13.2. The number of benzene rings is 1. The summed E-state index contributed by atoms with van der Waals surface area (Å²) in [5.41, 5.74) is 3.54. The van der Waals surface area contributed by atoms with Crippen LogP contribution in [0.15, 0.2) is 29.4 Å². The number of hydrogen-bond acceptors (Lipinski definition) is 4. The maximum absolute atomic E-state index is 5.41. The average Bonchev–Trinajstić information content (AvgIpc) is 3.20. The quantitative estimate of drug-likeness (QED) is 0.618. The van der Waals surface area contributed by atoms with Gasteiger partial charge in [0.15, 0.2) is 17.5 Å². The van der Waals surface area contributed by atoms with Crippen LogP contribution in [0, 0.1) is 6.92 Å². The first kappa shape index (κ1) is 17.1. The first-order chi connectivity index (χ1) is 12.2. The number of aryl methyl sites for hydroxylation is 1. The minimum Gasteiger partial charge on any atom is -0.454 e. The molecule has 0 radical (unpaired) electrons. The highest BCUT2D eigenvalue weighted by Crippen LogP contribution is 2.32. The standard InChI is InChI=1S/C18H25N5O2/c1-4-19-18(20-8-7-15-11-22-23(3)13(15)2)21-10-14-5-6-16-17(9-14)25-12-24-16/h5-6,9,11H,4,7-8,10,12H2,1-3H3,(H2,19,20,21). The Kier molecular flexibility index (Phi) is 5.42. The van der Waals surface area contributed by atoms with Gasteiger partial charge >= 0.3 is 0 Å². The number of guanidine groups is 1. The smallest absolute Gasteiger partial charge is 0.231 e. The SMILES string of the molecule is CCNC(=NCc1ccc2c(c1)OCO2)NCCc1cnn(C)c1C. The fourth-order valence-electron chi connectivity index (χ4n) is 2.66. The molecule has 25 heavy (non-hydrogen) atoms. The molecule has 7 heteroatoms. The Morgan fingerprint density at radius 2 is 2.12 bits per heavy atom. The van der Waals surface area contributed by atoms with E-state index in [0.717, 1.165) is 42.5 Å². The number of hydrogen-bond donors (Lipinski definition) is 2. The summed E-state index contributed by atoms with van der Waals surface area (Å²) in [6, 6.07) is 5.92. The summed E-state index contributed by atoms with van der Waals surface area (Å²) < 4.78 is 12.6. The van der Waals surface area contributed by atoms with Crippen molar-refractivity contribution in [2.45, 2.75) is 26.8 Å². The fraction of sp³-hybridized carbons (Fsp3) is 0.444. The van der Waals surface area contributed by atoms with Gasteiger partial charge in [-0.1, -0.05) is 6.07 Å². The van der Waals surface area contributed by atoms with E-state index in [-0.39, 0.29) is 0 Å². The lowest BCUT2D eigenvalue weighted by Gasteiger charge is -2.11. The van der Waals surface area contributed by atoms with Crippen molar-refractivity contribution in [1.82, 2.24) is 20.4 Å². The van der Waals surface area contributed by atoms with Crippen LogP contribution in [0.4, 0.5) is 0 Å². The highest BCUT2D eigenvalue weighted by atomic mass is 16.7. The highest BCUT2D eigenvalue weighted by Gasteiger charge is 2.13. The van der Waals surface area contributed by atoms with Crippen molar-refractivity contribution in [2.24, 2.45) is 12.0 Å². The van der Waals surface area contributed by atoms with Crippen molar-refractivity contribution in [3.63, 3.8) is 0 Å². The molecule has 0 atom stereocenters. The summed E-state index contributed by atoms with van der Waals surface area (Å²) >= 11 is 0. The molecule has 1 aromatic heterocycles. The van der Waals surface area contributed by atoms with Gasteiger partial charge in [0.2, 0.25) is 6.79 Å². The van der Waals surface area contributed by atoms with Crippen LogP contribution in [-0.4, -0.2) is 35.6 Å². The summed E-state index contributed by atoms with van der Waals surface area (Å²) in [6.45, 7) is 6.64. The topological polar surface area (TPSA) is 72.7 Å². The van der Waals surface area contributed by atoms with Crippen molar-refractivity contribution in [3.8, 4) is 11.5 Å². The number of aromatic nitrogens is 2. The molecule has 0 unspecified atom stereocenters. The molecular formula is C18H25N5O2. The van der Waals surface area contributed by atoms with Crippen molar-refractivity contribution < 1.29 is 9.47 Å². The predicted molar refractivity (Wildman–Crippen MR) is 97.0 cm³/mol. The van der Waals surface area contributed by atoms with Gasteiger partial charge in [0, 0.05) is 25.8 Å². The molecule has 3 rings (SSSR count). The van der Waals surface area contributed by atoms with Gasteiger partial charge in [-0.2, -0.15) is 5.10 Å². The second-order valence-electron chi connectivity index (χ2n) is 5.94. The van der Waals surface area contributed by atoms with Crippen LogP contribution in [0.25, 0.3) is 0 Å². The third-order valence-corrected chi connectivity index (χ3v) is 4.22. The molecule has 134 valence electrons. The minimum atomic E-state index is 0.292. The van der Waals surface area contributed by atoms with E-state index in [1.807, 2.05) is 36.1 Å². The molecule has 2 heterocycles. The van der Waals surface area contributed by atoms with Gasteiger partial charge in [-0.15, -0.1) is 0 Å². The van der Waals surface area contributed by atoms with Crippen molar-refractivity contribution in [1.29, 1.82) is 0 Å². The van der Waals surface area contributed by atoms with Gasteiger partial charge in [-0.05, 0) is 43.5 Å². The predicted octanol–water partition coefficient (Wildman–Crippen LogP) is 1.76. The Labute approximate surface area is 148 Å². The lowest BCUT2D eigenvalue weighted by atomic mass is 10.2. The van der Waals surface area contributed by atoms with Gasteiger partial charge in [0.1, 0.15) is 0 Å². The van der Waals surface area contributed by atoms with E-state index >= 15 is 0 Å². The summed E-state index contributed by atoms with van der Waals surface area (Å²) in [6.07, 6.45) is 2.84. The Morgan fingerprint density at radius 1 is 1.28 bits per heavy atom. The number of fused-ring (bicyclic) bond motifs is 1. The summed E-state index contributed by atoms with van der Waals surface area (Å²) in [7, 11) is 1.96. The second-order valence-corrected chi connectivity index (χ2v) is 5.94. The highest BCUT2D eigenvalue weighted by molar-refractivity contribution is 5.79. The van der Waals surface area contributed by atoms with Crippen molar-refractivity contribution in [2.75, 3.05) is 19.9 Å². The van der Waals surface area contributed by atoms with Crippen LogP contribution in [0.5, 0.6) is 11.5 Å². The van der Waals surface area contributed by atoms with Crippen LogP contribution in [0.3, 0.4) is 0 Å². The van der Waals surface area contributed by atoms with E-state index in [4.69, 9.17) is 9.47 Å². The van der Waals surface area contributed by atoms with Crippen LogP contribution >= 0.6 is 0 Å². The number of nitrogens with zero attached hydrogens (tertiary/aromatic N) is 3. The molecule has 2 aromatic rings. The lowest BCUT2D eigenvalue weighted by Crippen LogP contribution is -2.38. The number of aliphatic imine (C=N–C) groups is 1. The van der Waals surface area contributed by atoms with Crippen LogP contribution in [0.1, 0.15) is 23.7 Å². The zero-order valence-electron chi connectivity index (χ0n) is 15.0. The number of ether oxygens (including phenoxy) is 2. The Morgan fingerprint density at radius 3 is 2.88 bits per heavy atom. The molecule has 1 aliphatic heterocycles. The Hall–Kier alpha value is -2.70. The zero-order valence-corrected chi connectivity index (χ0v) is 15.0. The van der Waals surface area contributed by atoms with Crippen LogP contribution < -0.4 is 20.1 Å². The summed E-state index contributed by atoms with van der Waals surface area (Å²) in [4.78, 5) is 4.65. The second kappa shape index (κ2) is 7.92. The molecule has 0 amide bonds. The Balaban J connectivity index is 1.56. The molecule has 2 N–H and O–H groups in total.